The highest BCUT2D eigenvalue weighted by atomic mass is 32.2. The minimum Gasteiger partial charge on any atom is -0.370 e. The second kappa shape index (κ2) is 6.97. The van der Waals surface area contributed by atoms with Gasteiger partial charge in [-0.15, -0.1) is 0 Å². The van der Waals surface area contributed by atoms with Crippen LogP contribution in [0.25, 0.3) is 0 Å². The summed E-state index contributed by atoms with van der Waals surface area (Å²) >= 11 is 0. The molecular weight excluding hydrogens is 316 g/mol. The second-order valence-corrected chi connectivity index (χ2v) is 7.35. The van der Waals surface area contributed by atoms with Gasteiger partial charge in [-0.25, -0.2) is 13.4 Å². The standard InChI is InChI=1S/C14H22N6O2S/c1-10-4-2-3-9-20(10)23(21,22)12-7-5-11(6-8-12)18-14(17)19-13(15)16/h5-8,10H,2-4,9H2,1H3,(H6,15,16,17,18,19). The van der Waals surface area contributed by atoms with Gasteiger partial charge in [-0.05, 0) is 44.0 Å². The van der Waals surface area contributed by atoms with Crippen molar-refractivity contribution in [3.05, 3.63) is 24.3 Å². The Kier molecular flexibility index (Phi) is 5.22. The molecule has 0 amide bonds. The Morgan fingerprint density at radius 1 is 1.17 bits per heavy atom. The van der Waals surface area contributed by atoms with Gasteiger partial charge in [-0.1, -0.05) is 6.42 Å². The Morgan fingerprint density at radius 3 is 2.39 bits per heavy atom. The first-order chi connectivity index (χ1) is 10.8. The molecule has 1 aromatic rings. The van der Waals surface area contributed by atoms with E-state index in [1.54, 1.807) is 16.4 Å². The largest absolute Gasteiger partial charge is 0.370 e. The first-order valence-electron chi connectivity index (χ1n) is 7.36. The highest BCUT2D eigenvalue weighted by Gasteiger charge is 2.30. The molecule has 0 radical (unpaired) electrons. The molecule has 126 valence electrons. The van der Waals surface area contributed by atoms with Crippen LogP contribution in [0.5, 0.6) is 0 Å². The number of nitrogens with zero attached hydrogens (tertiary/aromatic N) is 3. The molecule has 2 rings (SSSR count). The van der Waals surface area contributed by atoms with Crippen molar-refractivity contribution in [2.75, 3.05) is 6.54 Å². The molecule has 0 spiro atoms. The molecule has 1 saturated heterocycles. The summed E-state index contributed by atoms with van der Waals surface area (Å²) in [5, 5.41) is 0. The lowest BCUT2D eigenvalue weighted by molar-refractivity contribution is 0.268. The first-order valence-corrected chi connectivity index (χ1v) is 8.80. The van der Waals surface area contributed by atoms with Gasteiger partial charge < -0.3 is 17.2 Å². The number of hydrogen-bond acceptors (Lipinski definition) is 3. The smallest absolute Gasteiger partial charge is 0.243 e. The van der Waals surface area contributed by atoms with Crippen molar-refractivity contribution in [2.24, 2.45) is 27.2 Å². The molecule has 1 aromatic carbocycles. The molecule has 9 heteroatoms. The van der Waals surface area contributed by atoms with Crippen LogP contribution in [0.1, 0.15) is 26.2 Å². The van der Waals surface area contributed by atoms with Gasteiger partial charge in [-0.3, -0.25) is 0 Å². The lowest BCUT2D eigenvalue weighted by atomic mass is 10.1. The summed E-state index contributed by atoms with van der Waals surface area (Å²) in [4.78, 5) is 7.83. The predicted molar refractivity (Wildman–Crippen MR) is 90.7 cm³/mol. The van der Waals surface area contributed by atoms with E-state index in [0.29, 0.717) is 12.2 Å². The number of aliphatic imine (C=N–C) groups is 2. The van der Waals surface area contributed by atoms with E-state index in [1.165, 1.54) is 12.1 Å². The van der Waals surface area contributed by atoms with Crippen LogP contribution in [-0.4, -0.2) is 37.2 Å². The Bertz CT molecular complexity index is 707. The van der Waals surface area contributed by atoms with Crippen molar-refractivity contribution in [3.63, 3.8) is 0 Å². The summed E-state index contributed by atoms with van der Waals surface area (Å²) in [6.45, 7) is 2.49. The number of guanidine groups is 2. The van der Waals surface area contributed by atoms with E-state index in [9.17, 15) is 8.42 Å². The van der Waals surface area contributed by atoms with Crippen molar-refractivity contribution in [1.82, 2.24) is 4.31 Å². The van der Waals surface area contributed by atoms with Gasteiger partial charge >= 0.3 is 0 Å². The number of benzene rings is 1. The van der Waals surface area contributed by atoms with Crippen LogP contribution in [-0.2, 0) is 10.0 Å². The van der Waals surface area contributed by atoms with Crippen molar-refractivity contribution < 1.29 is 8.42 Å². The van der Waals surface area contributed by atoms with Gasteiger partial charge in [0.2, 0.25) is 16.0 Å². The van der Waals surface area contributed by atoms with Crippen molar-refractivity contribution in [2.45, 2.75) is 37.1 Å². The fourth-order valence-electron chi connectivity index (χ4n) is 2.55. The van der Waals surface area contributed by atoms with Crippen molar-refractivity contribution >= 4 is 27.6 Å². The Balaban J connectivity index is 2.23. The Hall–Kier alpha value is -2.13. The van der Waals surface area contributed by atoms with E-state index in [1.807, 2.05) is 6.92 Å². The Morgan fingerprint density at radius 2 is 1.83 bits per heavy atom. The summed E-state index contributed by atoms with van der Waals surface area (Å²) in [6.07, 6.45) is 2.84. The lowest BCUT2D eigenvalue weighted by Crippen LogP contribution is -2.41. The van der Waals surface area contributed by atoms with Gasteiger partial charge in [0.25, 0.3) is 0 Å². The van der Waals surface area contributed by atoms with Crippen molar-refractivity contribution in [3.8, 4) is 0 Å². The third-order valence-corrected chi connectivity index (χ3v) is 5.70. The average molecular weight is 338 g/mol. The third-order valence-electron chi connectivity index (χ3n) is 3.67. The van der Waals surface area contributed by atoms with E-state index >= 15 is 0 Å². The summed E-state index contributed by atoms with van der Waals surface area (Å²) < 4.78 is 26.9. The van der Waals surface area contributed by atoms with Crippen LogP contribution in [0.4, 0.5) is 5.69 Å². The van der Waals surface area contributed by atoms with Crippen LogP contribution in [0.3, 0.4) is 0 Å². The van der Waals surface area contributed by atoms with Gasteiger partial charge in [0.1, 0.15) is 0 Å². The van der Waals surface area contributed by atoms with E-state index in [0.717, 1.165) is 19.3 Å². The molecule has 0 aliphatic carbocycles. The topological polar surface area (TPSA) is 140 Å². The highest BCUT2D eigenvalue weighted by molar-refractivity contribution is 7.89. The van der Waals surface area contributed by atoms with E-state index in [2.05, 4.69) is 9.98 Å². The summed E-state index contributed by atoms with van der Waals surface area (Å²) in [7, 11) is -3.49. The third kappa shape index (κ3) is 4.20. The predicted octanol–water partition coefficient (Wildman–Crippen LogP) is 0.469. The molecule has 1 aliphatic rings. The molecule has 1 unspecified atom stereocenters. The number of sulfonamides is 1. The molecular formula is C14H22N6O2S. The van der Waals surface area contributed by atoms with Crippen LogP contribution in [0.15, 0.2) is 39.1 Å². The molecule has 0 bridgehead atoms. The number of piperidine rings is 1. The summed E-state index contributed by atoms with van der Waals surface area (Å²) in [5.41, 5.74) is 16.4. The maximum Gasteiger partial charge on any atom is 0.243 e. The van der Waals surface area contributed by atoms with Gasteiger partial charge in [0, 0.05) is 12.6 Å². The average Bonchev–Trinajstić information content (AvgIpc) is 2.47. The zero-order chi connectivity index (χ0) is 17.0. The number of rotatable bonds is 3. The van der Waals surface area contributed by atoms with Crippen LogP contribution < -0.4 is 17.2 Å². The Labute approximate surface area is 136 Å². The molecule has 1 aliphatic heterocycles. The van der Waals surface area contributed by atoms with E-state index in [4.69, 9.17) is 17.2 Å². The summed E-state index contributed by atoms with van der Waals surface area (Å²) in [5.74, 6) is -0.283. The molecule has 8 nitrogen and oxygen atoms in total. The fourth-order valence-corrected chi connectivity index (χ4v) is 4.25. The first kappa shape index (κ1) is 17.2. The molecule has 1 atom stereocenters. The molecule has 1 fully saturated rings. The lowest BCUT2D eigenvalue weighted by Gasteiger charge is -2.32. The molecule has 23 heavy (non-hydrogen) atoms. The minimum absolute atomic E-state index is 0.0176. The minimum atomic E-state index is -3.49. The normalized spacial score (nSPS) is 20.2. The van der Waals surface area contributed by atoms with Crippen molar-refractivity contribution in [1.29, 1.82) is 0 Å². The quantitative estimate of drug-likeness (QED) is 0.543. The molecule has 1 heterocycles. The highest BCUT2D eigenvalue weighted by Crippen LogP contribution is 2.26. The zero-order valence-corrected chi connectivity index (χ0v) is 13.8. The SMILES string of the molecule is CC1CCCCN1S(=O)(=O)c1ccc(N=C(N)N=C(N)N)cc1. The van der Waals surface area contributed by atoms with E-state index < -0.39 is 10.0 Å². The van der Waals surface area contributed by atoms with E-state index in [-0.39, 0.29) is 22.9 Å². The number of hydrogen-bond donors (Lipinski definition) is 3. The fraction of sp³-hybridized carbons (Fsp3) is 0.429. The van der Waals surface area contributed by atoms with Gasteiger partial charge in [-0.2, -0.15) is 9.30 Å². The van der Waals surface area contributed by atoms with Gasteiger partial charge in [0.05, 0.1) is 10.6 Å². The van der Waals surface area contributed by atoms with Crippen LogP contribution in [0.2, 0.25) is 0 Å². The van der Waals surface area contributed by atoms with Crippen LogP contribution >= 0.6 is 0 Å². The summed E-state index contributed by atoms with van der Waals surface area (Å²) in [6, 6.07) is 6.17. The van der Waals surface area contributed by atoms with Crippen LogP contribution in [0, 0.1) is 0 Å². The monoisotopic (exact) mass is 338 g/mol. The maximum absolute atomic E-state index is 12.7. The second-order valence-electron chi connectivity index (χ2n) is 5.46. The molecule has 6 N–H and O–H groups in total. The zero-order valence-electron chi connectivity index (χ0n) is 13.0. The van der Waals surface area contributed by atoms with Gasteiger partial charge in [0.15, 0.2) is 5.96 Å². The number of nitrogens with two attached hydrogens (primary N) is 3. The maximum atomic E-state index is 12.7. The molecule has 0 aromatic heterocycles. The molecule has 0 saturated carbocycles.